The summed E-state index contributed by atoms with van der Waals surface area (Å²) in [6.07, 6.45) is 7.22. The molecule has 0 aromatic carbocycles. The van der Waals surface area contributed by atoms with Gasteiger partial charge in [0.2, 0.25) is 15.9 Å². The standard InChI is InChI=1S/C17H22N4O3S2/c1-20-6-5-18-17(20)25-14-7-12-10-21(11-13(12)8-14)26(22,23)15-3-4-16(24-2)19-9-15/h3-6,9,12-14H,7-8,10-11H2,1-2H3/t12-,13+,14?. The van der Waals surface area contributed by atoms with E-state index in [1.165, 1.54) is 13.3 Å². The lowest BCUT2D eigenvalue weighted by molar-refractivity contribution is 0.396. The lowest BCUT2D eigenvalue weighted by Gasteiger charge is -2.19. The molecule has 140 valence electrons. The zero-order chi connectivity index (χ0) is 18.3. The maximum absolute atomic E-state index is 12.9. The van der Waals surface area contributed by atoms with Gasteiger partial charge in [0.1, 0.15) is 4.90 Å². The van der Waals surface area contributed by atoms with E-state index < -0.39 is 10.0 Å². The van der Waals surface area contributed by atoms with Crippen molar-refractivity contribution in [3.05, 3.63) is 30.7 Å². The van der Waals surface area contributed by atoms with Crippen LogP contribution in [0.2, 0.25) is 0 Å². The summed E-state index contributed by atoms with van der Waals surface area (Å²) in [5.41, 5.74) is 0. The molecule has 1 aliphatic heterocycles. The average Bonchev–Trinajstić information content (AvgIpc) is 3.31. The SMILES string of the molecule is COc1ccc(S(=O)(=O)N2C[C@H]3CC(Sc4nccn4C)C[C@H]3C2)cn1. The molecule has 0 bridgehead atoms. The fourth-order valence-corrected chi connectivity index (χ4v) is 6.73. The van der Waals surface area contributed by atoms with Crippen LogP contribution >= 0.6 is 11.8 Å². The van der Waals surface area contributed by atoms with Crippen molar-refractivity contribution in [1.29, 1.82) is 0 Å². The van der Waals surface area contributed by atoms with Crippen molar-refractivity contribution in [2.24, 2.45) is 18.9 Å². The number of nitrogens with zero attached hydrogens (tertiary/aromatic N) is 4. The van der Waals surface area contributed by atoms with Crippen LogP contribution in [0.15, 0.2) is 40.8 Å². The molecular weight excluding hydrogens is 372 g/mol. The van der Waals surface area contributed by atoms with Crippen molar-refractivity contribution in [2.45, 2.75) is 28.1 Å². The Labute approximate surface area is 157 Å². The number of aryl methyl sites for hydroxylation is 1. The molecule has 7 nitrogen and oxygen atoms in total. The first-order chi connectivity index (χ1) is 12.5. The van der Waals surface area contributed by atoms with E-state index >= 15 is 0 Å². The van der Waals surface area contributed by atoms with Gasteiger partial charge in [-0.15, -0.1) is 0 Å². The highest BCUT2D eigenvalue weighted by Crippen LogP contribution is 2.45. The Balaban J connectivity index is 1.41. The van der Waals surface area contributed by atoms with Gasteiger partial charge in [0.05, 0.1) is 13.3 Å². The maximum Gasteiger partial charge on any atom is 0.244 e. The third kappa shape index (κ3) is 3.23. The summed E-state index contributed by atoms with van der Waals surface area (Å²) in [6, 6.07) is 3.15. The molecule has 2 aromatic rings. The number of thioether (sulfide) groups is 1. The van der Waals surface area contributed by atoms with Gasteiger partial charge < -0.3 is 9.30 Å². The van der Waals surface area contributed by atoms with Gasteiger partial charge in [-0.05, 0) is 30.7 Å². The first-order valence-corrected chi connectivity index (χ1v) is 10.9. The van der Waals surface area contributed by atoms with Crippen LogP contribution in [0.4, 0.5) is 0 Å². The molecule has 1 saturated carbocycles. The second kappa shape index (κ2) is 6.86. The predicted molar refractivity (Wildman–Crippen MR) is 98.6 cm³/mol. The van der Waals surface area contributed by atoms with Crippen LogP contribution < -0.4 is 4.74 Å². The quantitative estimate of drug-likeness (QED) is 0.772. The first-order valence-electron chi connectivity index (χ1n) is 8.61. The van der Waals surface area contributed by atoms with E-state index in [9.17, 15) is 8.42 Å². The van der Waals surface area contributed by atoms with Gasteiger partial charge in [-0.25, -0.2) is 18.4 Å². The van der Waals surface area contributed by atoms with Gasteiger partial charge in [0, 0.05) is 43.8 Å². The Morgan fingerprint density at radius 1 is 1.19 bits per heavy atom. The van der Waals surface area contributed by atoms with E-state index in [0.717, 1.165) is 18.0 Å². The van der Waals surface area contributed by atoms with Crippen molar-refractivity contribution in [2.75, 3.05) is 20.2 Å². The van der Waals surface area contributed by atoms with Crippen molar-refractivity contribution in [3.8, 4) is 5.88 Å². The number of ether oxygens (including phenoxy) is 1. The number of aromatic nitrogens is 3. The Bertz CT molecular complexity index is 868. The van der Waals surface area contributed by atoms with Crippen LogP contribution in [0.1, 0.15) is 12.8 Å². The van der Waals surface area contributed by atoms with Gasteiger partial charge >= 0.3 is 0 Å². The highest BCUT2D eigenvalue weighted by atomic mass is 32.2. The predicted octanol–water partition coefficient (Wildman–Crippen LogP) is 2.02. The third-order valence-electron chi connectivity index (χ3n) is 5.28. The van der Waals surface area contributed by atoms with E-state index in [1.54, 1.807) is 16.4 Å². The molecule has 0 radical (unpaired) electrons. The molecule has 9 heteroatoms. The normalized spacial score (nSPS) is 26.2. The largest absolute Gasteiger partial charge is 0.481 e. The topological polar surface area (TPSA) is 77.3 Å². The molecule has 0 spiro atoms. The third-order valence-corrected chi connectivity index (χ3v) is 8.42. The summed E-state index contributed by atoms with van der Waals surface area (Å²) >= 11 is 1.81. The van der Waals surface area contributed by atoms with Gasteiger partial charge in [0.25, 0.3) is 0 Å². The average molecular weight is 395 g/mol. The fraction of sp³-hybridized carbons (Fsp3) is 0.529. The molecular formula is C17H22N4O3S2. The second-order valence-corrected chi connectivity index (χ2v) is 10.1. The lowest BCUT2D eigenvalue weighted by Crippen LogP contribution is -2.30. The van der Waals surface area contributed by atoms with E-state index in [0.29, 0.717) is 36.1 Å². The molecule has 2 fully saturated rings. The highest BCUT2D eigenvalue weighted by molar-refractivity contribution is 7.99. The molecule has 2 aromatic heterocycles. The van der Waals surface area contributed by atoms with Gasteiger partial charge in [-0.2, -0.15) is 4.31 Å². The number of hydrogen-bond acceptors (Lipinski definition) is 6. The summed E-state index contributed by atoms with van der Waals surface area (Å²) in [6.45, 7) is 1.19. The first kappa shape index (κ1) is 17.8. The fourth-order valence-electron chi connectivity index (χ4n) is 3.90. The number of rotatable bonds is 5. The van der Waals surface area contributed by atoms with Gasteiger partial charge in [-0.1, -0.05) is 11.8 Å². The summed E-state index contributed by atoms with van der Waals surface area (Å²) < 4.78 is 34.4. The molecule has 3 atom stereocenters. The molecule has 1 unspecified atom stereocenters. The van der Waals surface area contributed by atoms with Crippen LogP contribution in [-0.2, 0) is 17.1 Å². The van der Waals surface area contributed by atoms with Crippen LogP contribution in [0.5, 0.6) is 5.88 Å². The van der Waals surface area contributed by atoms with Crippen molar-refractivity contribution < 1.29 is 13.2 Å². The molecule has 3 heterocycles. The number of sulfonamides is 1. The summed E-state index contributed by atoms with van der Waals surface area (Å²) in [7, 11) is 0.0259. The van der Waals surface area contributed by atoms with Crippen LogP contribution in [0.3, 0.4) is 0 Å². The van der Waals surface area contributed by atoms with Gasteiger partial charge in [-0.3, -0.25) is 0 Å². The molecule has 2 aliphatic rings. The molecule has 26 heavy (non-hydrogen) atoms. The Morgan fingerprint density at radius 2 is 1.92 bits per heavy atom. The molecule has 1 saturated heterocycles. The summed E-state index contributed by atoms with van der Waals surface area (Å²) in [5.74, 6) is 1.26. The molecule has 0 N–H and O–H groups in total. The van der Waals surface area contributed by atoms with Crippen LogP contribution in [0, 0.1) is 11.8 Å². The van der Waals surface area contributed by atoms with Crippen molar-refractivity contribution in [3.63, 3.8) is 0 Å². The van der Waals surface area contributed by atoms with Crippen molar-refractivity contribution in [1.82, 2.24) is 18.8 Å². The molecule has 0 amide bonds. The van der Waals surface area contributed by atoms with Crippen LogP contribution in [0.25, 0.3) is 0 Å². The van der Waals surface area contributed by atoms with E-state index in [4.69, 9.17) is 4.74 Å². The molecule has 4 rings (SSSR count). The lowest BCUT2D eigenvalue weighted by atomic mass is 10.0. The van der Waals surface area contributed by atoms with Crippen LogP contribution in [-0.4, -0.2) is 52.7 Å². The summed E-state index contributed by atoms with van der Waals surface area (Å²) in [5, 5.41) is 1.54. The summed E-state index contributed by atoms with van der Waals surface area (Å²) in [4.78, 5) is 8.65. The Hall–Kier alpha value is -1.58. The Kier molecular flexibility index (Phi) is 4.70. The number of hydrogen-bond donors (Lipinski definition) is 0. The molecule has 1 aliphatic carbocycles. The number of imidazole rings is 1. The zero-order valence-electron chi connectivity index (χ0n) is 14.8. The highest BCUT2D eigenvalue weighted by Gasteiger charge is 2.45. The van der Waals surface area contributed by atoms with E-state index in [2.05, 4.69) is 9.97 Å². The minimum absolute atomic E-state index is 0.234. The zero-order valence-corrected chi connectivity index (χ0v) is 16.4. The monoisotopic (exact) mass is 394 g/mol. The smallest absolute Gasteiger partial charge is 0.244 e. The maximum atomic E-state index is 12.9. The minimum atomic E-state index is -3.49. The van der Waals surface area contributed by atoms with E-state index in [-0.39, 0.29) is 4.90 Å². The number of fused-ring (bicyclic) bond motifs is 1. The van der Waals surface area contributed by atoms with Gasteiger partial charge in [0.15, 0.2) is 5.16 Å². The second-order valence-electron chi connectivity index (χ2n) is 6.91. The number of pyridine rings is 1. The Morgan fingerprint density at radius 3 is 2.46 bits per heavy atom. The van der Waals surface area contributed by atoms with E-state index in [1.807, 2.05) is 35.8 Å². The minimum Gasteiger partial charge on any atom is -0.481 e. The van der Waals surface area contributed by atoms with Crippen molar-refractivity contribution >= 4 is 21.8 Å². The number of methoxy groups -OCH3 is 1.